The molecule has 0 unspecified atom stereocenters. The highest BCUT2D eigenvalue weighted by molar-refractivity contribution is 5.20. The van der Waals surface area contributed by atoms with E-state index in [2.05, 4.69) is 6.92 Å². The van der Waals surface area contributed by atoms with E-state index in [1.54, 1.807) is 0 Å². The summed E-state index contributed by atoms with van der Waals surface area (Å²) in [5.74, 6) is 0.844. The summed E-state index contributed by atoms with van der Waals surface area (Å²) >= 11 is 0. The molecular weight excluding hydrogens is 716 g/mol. The second-order valence-corrected chi connectivity index (χ2v) is 12.2. The lowest BCUT2D eigenvalue weighted by molar-refractivity contribution is -0.0292. The molecule has 0 fully saturated rings. The molecule has 0 atom stereocenters. The van der Waals surface area contributed by atoms with E-state index in [-0.39, 0.29) is 0 Å². The monoisotopic (exact) mass is 793 g/mol. The summed E-state index contributed by atoms with van der Waals surface area (Å²) in [6, 6.07) is 9.68. The first kappa shape index (κ1) is 51.5. The van der Waals surface area contributed by atoms with Crippen LogP contribution in [0.4, 0.5) is 0 Å². The molecule has 1 rings (SSSR count). The Morgan fingerprint density at radius 2 is 0.491 bits per heavy atom. The van der Waals surface area contributed by atoms with E-state index >= 15 is 0 Å². The molecule has 1 aromatic rings. The minimum Gasteiger partial charge on any atom is -0.491 e. The molecule has 0 aliphatic rings. The molecule has 0 N–H and O–H groups in total. The molecule has 0 aliphatic heterocycles. The maximum Gasteiger partial charge on any atom is 0.119 e. The first-order valence-corrected chi connectivity index (χ1v) is 20.6. The SMILES string of the molecule is CCCCCCCCCOCCOCCOCCOCCOCCOCCOCCOCCOCCOCCOCCOCCOCCOc1ccccc1. The van der Waals surface area contributed by atoms with E-state index in [4.69, 9.17) is 66.3 Å². The van der Waals surface area contributed by atoms with Gasteiger partial charge in [0.05, 0.1) is 165 Å². The zero-order chi connectivity index (χ0) is 39.1. The molecule has 0 radical (unpaired) electrons. The summed E-state index contributed by atoms with van der Waals surface area (Å²) in [5.41, 5.74) is 0. The normalized spacial score (nSPS) is 11.5. The quantitative estimate of drug-likeness (QED) is 0.0819. The van der Waals surface area contributed by atoms with Crippen molar-refractivity contribution in [2.75, 3.05) is 178 Å². The van der Waals surface area contributed by atoms with Crippen LogP contribution in [0.1, 0.15) is 51.9 Å². The number of para-hydroxylation sites is 1. The smallest absolute Gasteiger partial charge is 0.119 e. The minimum atomic E-state index is 0.508. The fourth-order valence-electron chi connectivity index (χ4n) is 4.64. The van der Waals surface area contributed by atoms with Crippen molar-refractivity contribution >= 4 is 0 Å². The largest absolute Gasteiger partial charge is 0.491 e. The minimum absolute atomic E-state index is 0.508. The third kappa shape index (κ3) is 43.5. The van der Waals surface area contributed by atoms with Gasteiger partial charge in [-0.25, -0.2) is 0 Å². The van der Waals surface area contributed by atoms with Crippen molar-refractivity contribution in [3.8, 4) is 5.75 Å². The number of ether oxygens (including phenoxy) is 14. The van der Waals surface area contributed by atoms with Crippen LogP contribution in [0.2, 0.25) is 0 Å². The van der Waals surface area contributed by atoms with E-state index < -0.39 is 0 Å². The van der Waals surface area contributed by atoms with Crippen molar-refractivity contribution in [2.45, 2.75) is 51.9 Å². The number of hydrogen-bond acceptors (Lipinski definition) is 14. The van der Waals surface area contributed by atoms with Crippen LogP contribution >= 0.6 is 0 Å². The van der Waals surface area contributed by atoms with E-state index in [1.807, 2.05) is 30.3 Å². The summed E-state index contributed by atoms with van der Waals surface area (Å²) in [5, 5.41) is 0. The van der Waals surface area contributed by atoms with Crippen molar-refractivity contribution in [2.24, 2.45) is 0 Å². The fourth-order valence-corrected chi connectivity index (χ4v) is 4.64. The van der Waals surface area contributed by atoms with Gasteiger partial charge in [-0.2, -0.15) is 0 Å². The number of hydrogen-bond donors (Lipinski definition) is 0. The van der Waals surface area contributed by atoms with Gasteiger partial charge >= 0.3 is 0 Å². The van der Waals surface area contributed by atoms with Gasteiger partial charge in [0.1, 0.15) is 12.4 Å². The third-order valence-corrected chi connectivity index (χ3v) is 7.60. The molecule has 1 aromatic carbocycles. The van der Waals surface area contributed by atoms with Crippen molar-refractivity contribution in [1.29, 1.82) is 0 Å². The van der Waals surface area contributed by atoms with Crippen LogP contribution in [0.25, 0.3) is 0 Å². The standard InChI is InChI=1S/C41H76O14/c1-2-3-4-5-6-7-11-14-42-15-16-43-17-18-44-19-20-45-21-22-46-23-24-47-25-26-48-27-28-49-29-30-50-31-32-51-33-34-52-35-36-53-37-38-54-39-40-55-41-12-9-8-10-13-41/h8-10,12-13H,2-7,11,14-40H2,1H3. The Bertz CT molecular complexity index is 826. The molecule has 0 spiro atoms. The van der Waals surface area contributed by atoms with Crippen LogP contribution in [-0.2, 0) is 61.6 Å². The number of benzene rings is 1. The lowest BCUT2D eigenvalue weighted by Crippen LogP contribution is -2.15. The highest BCUT2D eigenvalue weighted by Crippen LogP contribution is 2.08. The van der Waals surface area contributed by atoms with E-state index in [0.29, 0.717) is 172 Å². The topological polar surface area (TPSA) is 129 Å². The average molecular weight is 793 g/mol. The first-order chi connectivity index (χ1) is 27.4. The second kappa shape index (κ2) is 46.9. The van der Waals surface area contributed by atoms with E-state index in [0.717, 1.165) is 18.8 Å². The van der Waals surface area contributed by atoms with Crippen LogP contribution < -0.4 is 4.74 Å². The van der Waals surface area contributed by atoms with E-state index in [9.17, 15) is 0 Å². The maximum absolute atomic E-state index is 5.61. The predicted molar refractivity (Wildman–Crippen MR) is 211 cm³/mol. The summed E-state index contributed by atoms with van der Waals surface area (Å²) in [6.45, 7) is 16.8. The summed E-state index contributed by atoms with van der Waals surface area (Å²) in [4.78, 5) is 0. The van der Waals surface area contributed by atoms with Gasteiger partial charge < -0.3 is 66.3 Å². The van der Waals surface area contributed by atoms with Crippen LogP contribution in [0, 0.1) is 0 Å². The van der Waals surface area contributed by atoms with Crippen molar-refractivity contribution < 1.29 is 66.3 Å². The van der Waals surface area contributed by atoms with Gasteiger partial charge in [-0.3, -0.25) is 0 Å². The Balaban J connectivity index is 1.59. The van der Waals surface area contributed by atoms with Crippen LogP contribution in [-0.4, -0.2) is 178 Å². The fraction of sp³-hybridized carbons (Fsp3) is 0.854. The Morgan fingerprint density at radius 1 is 0.255 bits per heavy atom. The third-order valence-electron chi connectivity index (χ3n) is 7.60. The van der Waals surface area contributed by atoms with Crippen LogP contribution in [0.15, 0.2) is 30.3 Å². The van der Waals surface area contributed by atoms with Crippen LogP contribution in [0.3, 0.4) is 0 Å². The van der Waals surface area contributed by atoms with Gasteiger partial charge in [0, 0.05) is 6.61 Å². The molecule has 0 amide bonds. The summed E-state index contributed by atoms with van der Waals surface area (Å²) in [6.07, 6.45) is 9.09. The van der Waals surface area contributed by atoms with Gasteiger partial charge in [0.15, 0.2) is 0 Å². The average Bonchev–Trinajstić information content (AvgIpc) is 3.21. The lowest BCUT2D eigenvalue weighted by atomic mass is 10.1. The van der Waals surface area contributed by atoms with Gasteiger partial charge in [-0.15, -0.1) is 0 Å². The van der Waals surface area contributed by atoms with Gasteiger partial charge in [-0.05, 0) is 18.6 Å². The van der Waals surface area contributed by atoms with E-state index in [1.165, 1.54) is 38.5 Å². The first-order valence-electron chi connectivity index (χ1n) is 20.6. The number of unbranched alkanes of at least 4 members (excludes halogenated alkanes) is 6. The van der Waals surface area contributed by atoms with Gasteiger partial charge in [0.25, 0.3) is 0 Å². The Labute approximate surface area is 332 Å². The highest BCUT2D eigenvalue weighted by Gasteiger charge is 1.98. The molecule has 324 valence electrons. The number of rotatable bonds is 48. The Kier molecular flexibility index (Phi) is 43.9. The highest BCUT2D eigenvalue weighted by atomic mass is 16.6. The molecule has 0 aromatic heterocycles. The molecule has 14 heteroatoms. The molecule has 55 heavy (non-hydrogen) atoms. The molecule has 0 heterocycles. The van der Waals surface area contributed by atoms with Crippen LogP contribution in [0.5, 0.6) is 5.75 Å². The van der Waals surface area contributed by atoms with Gasteiger partial charge in [0.2, 0.25) is 0 Å². The molecule has 0 saturated carbocycles. The molecule has 0 saturated heterocycles. The van der Waals surface area contributed by atoms with Crippen molar-refractivity contribution in [3.05, 3.63) is 30.3 Å². The second-order valence-electron chi connectivity index (χ2n) is 12.2. The molecular formula is C41H76O14. The Hall–Kier alpha value is -1.50. The lowest BCUT2D eigenvalue weighted by Gasteiger charge is -2.09. The molecule has 14 nitrogen and oxygen atoms in total. The molecule has 0 bridgehead atoms. The van der Waals surface area contributed by atoms with Gasteiger partial charge in [-0.1, -0.05) is 63.6 Å². The summed E-state index contributed by atoms with van der Waals surface area (Å²) < 4.78 is 77.2. The van der Waals surface area contributed by atoms with Crippen molar-refractivity contribution in [3.63, 3.8) is 0 Å². The molecule has 0 aliphatic carbocycles. The summed E-state index contributed by atoms with van der Waals surface area (Å²) in [7, 11) is 0. The zero-order valence-corrected chi connectivity index (χ0v) is 34.1. The van der Waals surface area contributed by atoms with Crippen molar-refractivity contribution in [1.82, 2.24) is 0 Å². The zero-order valence-electron chi connectivity index (χ0n) is 34.1. The predicted octanol–water partition coefficient (Wildman–Crippen LogP) is 5.03. The Morgan fingerprint density at radius 3 is 0.782 bits per heavy atom. The maximum atomic E-state index is 5.61.